The normalized spacial score (nSPS) is 14.5. The van der Waals surface area contributed by atoms with Gasteiger partial charge in [0.15, 0.2) is 0 Å². The van der Waals surface area contributed by atoms with Crippen molar-refractivity contribution in [2.24, 2.45) is 0 Å². The van der Waals surface area contributed by atoms with Crippen LogP contribution >= 0.6 is 11.3 Å². The van der Waals surface area contributed by atoms with E-state index >= 15 is 0 Å². The molecule has 0 radical (unpaired) electrons. The van der Waals surface area contributed by atoms with Crippen LogP contribution in [0.5, 0.6) is 0 Å². The second kappa shape index (κ2) is 9.24. The Bertz CT molecular complexity index is 1090. The zero-order valence-electron chi connectivity index (χ0n) is 17.2. The maximum Gasteiger partial charge on any atom is 0.141 e. The first-order chi connectivity index (χ1) is 15.3. The minimum atomic E-state index is 0.769. The summed E-state index contributed by atoms with van der Waals surface area (Å²) in [6, 6.07) is 20.7. The highest BCUT2D eigenvalue weighted by Gasteiger charge is 2.17. The number of thiazole rings is 1. The van der Waals surface area contributed by atoms with Crippen LogP contribution in [-0.2, 0) is 6.54 Å². The lowest BCUT2D eigenvalue weighted by molar-refractivity contribution is 0.249. The van der Waals surface area contributed by atoms with Crippen molar-refractivity contribution in [2.75, 3.05) is 36.4 Å². The molecule has 0 bridgehead atoms. The van der Waals surface area contributed by atoms with Gasteiger partial charge in [0.05, 0.1) is 0 Å². The molecule has 5 rings (SSSR count). The van der Waals surface area contributed by atoms with Crippen LogP contribution in [0.25, 0.3) is 10.7 Å². The molecule has 1 N–H and O–H groups in total. The van der Waals surface area contributed by atoms with Gasteiger partial charge in [-0.15, -0.1) is 11.3 Å². The Balaban J connectivity index is 1.16. The number of aromatic nitrogens is 3. The highest BCUT2D eigenvalue weighted by atomic mass is 32.1. The fraction of sp³-hybridized carbons (Fsp3) is 0.208. The maximum absolute atomic E-state index is 4.64. The number of pyridine rings is 2. The Morgan fingerprint density at radius 1 is 0.839 bits per heavy atom. The Kier molecular flexibility index (Phi) is 5.86. The summed E-state index contributed by atoms with van der Waals surface area (Å²) >= 11 is 1.58. The molecule has 1 aromatic carbocycles. The zero-order valence-corrected chi connectivity index (χ0v) is 18.0. The third-order valence-corrected chi connectivity index (χ3v) is 6.18. The van der Waals surface area contributed by atoms with Crippen molar-refractivity contribution in [2.45, 2.75) is 6.54 Å². The van der Waals surface area contributed by atoms with Gasteiger partial charge < -0.3 is 10.2 Å². The van der Waals surface area contributed by atoms with Crippen molar-refractivity contribution in [3.8, 4) is 10.7 Å². The van der Waals surface area contributed by atoms with Crippen molar-refractivity contribution in [1.29, 1.82) is 0 Å². The van der Waals surface area contributed by atoms with Crippen molar-refractivity contribution in [1.82, 2.24) is 19.9 Å². The van der Waals surface area contributed by atoms with Crippen molar-refractivity contribution in [3.05, 3.63) is 84.0 Å². The molecule has 1 aliphatic heterocycles. The molecule has 0 atom stereocenters. The molecule has 0 spiro atoms. The monoisotopic (exact) mass is 428 g/mol. The third kappa shape index (κ3) is 4.90. The Morgan fingerprint density at radius 2 is 1.71 bits per heavy atom. The molecular formula is C24H24N6S. The summed E-state index contributed by atoms with van der Waals surface area (Å²) in [5.41, 5.74) is 3.40. The lowest BCUT2D eigenvalue weighted by Gasteiger charge is -2.36. The Labute approximate surface area is 186 Å². The van der Waals surface area contributed by atoms with E-state index in [2.05, 4.69) is 66.5 Å². The van der Waals surface area contributed by atoms with E-state index < -0.39 is 0 Å². The molecule has 156 valence electrons. The maximum atomic E-state index is 4.64. The van der Waals surface area contributed by atoms with Crippen LogP contribution in [0, 0.1) is 0 Å². The number of rotatable bonds is 6. The lowest BCUT2D eigenvalue weighted by Crippen LogP contribution is -2.45. The lowest BCUT2D eigenvalue weighted by atomic mass is 10.2. The van der Waals surface area contributed by atoms with E-state index in [1.54, 1.807) is 17.5 Å². The van der Waals surface area contributed by atoms with Crippen LogP contribution < -0.4 is 10.2 Å². The first-order valence-electron chi connectivity index (χ1n) is 10.4. The van der Waals surface area contributed by atoms with Crippen LogP contribution in [0.15, 0.2) is 78.4 Å². The third-order valence-electron chi connectivity index (χ3n) is 5.38. The molecule has 0 saturated carbocycles. The second-order valence-corrected chi connectivity index (χ2v) is 8.42. The molecule has 0 unspecified atom stereocenters. The van der Waals surface area contributed by atoms with Crippen molar-refractivity contribution in [3.63, 3.8) is 0 Å². The first-order valence-corrected chi connectivity index (χ1v) is 11.3. The number of anilines is 3. The van der Waals surface area contributed by atoms with E-state index in [9.17, 15) is 0 Å². The minimum absolute atomic E-state index is 0.769. The molecule has 31 heavy (non-hydrogen) atoms. The number of para-hydroxylation sites is 1. The molecule has 4 heterocycles. The van der Waals surface area contributed by atoms with Gasteiger partial charge in [0.25, 0.3) is 0 Å². The van der Waals surface area contributed by atoms with E-state index in [1.807, 2.05) is 35.8 Å². The smallest absolute Gasteiger partial charge is 0.141 e. The van der Waals surface area contributed by atoms with Gasteiger partial charge >= 0.3 is 0 Å². The SMILES string of the molecule is c1ccc(N2CCN(Cc3ccc(Nc4cccc(-c5nccs5)n4)nc3)CC2)cc1. The topological polar surface area (TPSA) is 57.2 Å². The van der Waals surface area contributed by atoms with E-state index in [-0.39, 0.29) is 0 Å². The molecule has 7 heteroatoms. The van der Waals surface area contributed by atoms with E-state index in [0.717, 1.165) is 55.1 Å². The van der Waals surface area contributed by atoms with Crippen LogP contribution in [0.4, 0.5) is 17.3 Å². The average molecular weight is 429 g/mol. The molecule has 1 aliphatic rings. The molecule has 3 aromatic heterocycles. The number of benzene rings is 1. The second-order valence-electron chi connectivity index (χ2n) is 7.52. The summed E-state index contributed by atoms with van der Waals surface area (Å²) in [7, 11) is 0. The highest BCUT2D eigenvalue weighted by molar-refractivity contribution is 7.13. The minimum Gasteiger partial charge on any atom is -0.369 e. The summed E-state index contributed by atoms with van der Waals surface area (Å²) in [6.07, 6.45) is 3.75. The Morgan fingerprint density at radius 3 is 2.45 bits per heavy atom. The fourth-order valence-corrected chi connectivity index (χ4v) is 4.36. The van der Waals surface area contributed by atoms with Crippen molar-refractivity contribution < 1.29 is 0 Å². The number of hydrogen-bond donors (Lipinski definition) is 1. The van der Waals surface area contributed by atoms with Gasteiger partial charge in [-0.3, -0.25) is 4.90 Å². The zero-order chi connectivity index (χ0) is 20.9. The van der Waals surface area contributed by atoms with Crippen LogP contribution in [0.3, 0.4) is 0 Å². The predicted molar refractivity (Wildman–Crippen MR) is 127 cm³/mol. The molecular weight excluding hydrogens is 404 g/mol. The van der Waals surface area contributed by atoms with E-state index in [1.165, 1.54) is 11.3 Å². The summed E-state index contributed by atoms with van der Waals surface area (Å²) in [5, 5.41) is 6.17. The molecule has 6 nitrogen and oxygen atoms in total. The van der Waals surface area contributed by atoms with E-state index in [0.29, 0.717) is 0 Å². The first kappa shape index (κ1) is 19.7. The van der Waals surface area contributed by atoms with E-state index in [4.69, 9.17) is 0 Å². The number of nitrogens with one attached hydrogen (secondary N) is 1. The summed E-state index contributed by atoms with van der Waals surface area (Å²) < 4.78 is 0. The summed E-state index contributed by atoms with van der Waals surface area (Å²) in [6.45, 7) is 5.15. The van der Waals surface area contributed by atoms with Crippen LogP contribution in [0.1, 0.15) is 5.56 Å². The average Bonchev–Trinajstić information content (AvgIpc) is 3.37. The molecule has 1 saturated heterocycles. The van der Waals surface area contributed by atoms with Gasteiger partial charge in [-0.05, 0) is 35.9 Å². The van der Waals surface area contributed by atoms with Crippen LogP contribution in [-0.4, -0.2) is 46.0 Å². The van der Waals surface area contributed by atoms with Gasteiger partial charge in [-0.25, -0.2) is 15.0 Å². The van der Waals surface area contributed by atoms with Crippen molar-refractivity contribution >= 4 is 28.7 Å². The predicted octanol–water partition coefficient (Wildman–Crippen LogP) is 4.67. The van der Waals surface area contributed by atoms with Gasteiger partial charge in [-0.2, -0.15) is 0 Å². The molecule has 0 amide bonds. The largest absolute Gasteiger partial charge is 0.369 e. The number of piperazine rings is 1. The number of hydrogen-bond acceptors (Lipinski definition) is 7. The Hall–Kier alpha value is -3.29. The van der Waals surface area contributed by atoms with Gasteiger partial charge in [0.2, 0.25) is 0 Å². The summed E-state index contributed by atoms with van der Waals surface area (Å²) in [5.74, 6) is 1.56. The van der Waals surface area contributed by atoms with Gasteiger partial charge in [0, 0.05) is 56.2 Å². The van der Waals surface area contributed by atoms with Gasteiger partial charge in [-0.1, -0.05) is 30.3 Å². The fourth-order valence-electron chi connectivity index (χ4n) is 3.76. The quantitative estimate of drug-likeness (QED) is 0.482. The standard InChI is InChI=1S/C24H24N6S/c1-2-5-20(6-3-1)30-14-12-29(13-15-30)18-19-9-10-22(26-17-19)28-23-8-4-7-21(27-23)24-25-11-16-31-24/h1-11,16-17H,12-15,18H2,(H,26,27,28). The molecule has 4 aromatic rings. The number of nitrogens with zero attached hydrogens (tertiary/aromatic N) is 5. The molecule has 1 fully saturated rings. The highest BCUT2D eigenvalue weighted by Crippen LogP contribution is 2.22. The molecule has 0 aliphatic carbocycles. The summed E-state index contributed by atoms with van der Waals surface area (Å²) in [4.78, 5) is 18.5. The van der Waals surface area contributed by atoms with Gasteiger partial charge in [0.1, 0.15) is 22.3 Å². The van der Waals surface area contributed by atoms with Crippen LogP contribution in [0.2, 0.25) is 0 Å².